The van der Waals surface area contributed by atoms with Crippen LogP contribution < -0.4 is 9.47 Å². The highest BCUT2D eigenvalue weighted by Crippen LogP contribution is 2.32. The lowest BCUT2D eigenvalue weighted by Gasteiger charge is -2.07. The van der Waals surface area contributed by atoms with Crippen molar-refractivity contribution in [3.8, 4) is 29.6 Å². The summed E-state index contributed by atoms with van der Waals surface area (Å²) in [5.74, 6) is 3.26. The summed E-state index contributed by atoms with van der Waals surface area (Å²) in [6, 6.07) is 3.06. The third kappa shape index (κ3) is 1.67. The molecule has 0 aromatic heterocycles. The van der Waals surface area contributed by atoms with E-state index in [1.807, 2.05) is 0 Å². The molecule has 0 saturated heterocycles. The summed E-state index contributed by atoms with van der Waals surface area (Å²) in [5, 5.41) is 9.43. The first-order valence-corrected chi connectivity index (χ1v) is 3.64. The molecule has 1 N–H and O–H groups in total. The van der Waals surface area contributed by atoms with Crippen molar-refractivity contribution in [2.75, 3.05) is 14.2 Å². The van der Waals surface area contributed by atoms with Crippen LogP contribution in [0.5, 0.6) is 17.2 Å². The average Bonchev–Trinajstić information content (AvgIpc) is 2.16. The molecule has 0 radical (unpaired) electrons. The lowest BCUT2D eigenvalue weighted by Crippen LogP contribution is -1.90. The van der Waals surface area contributed by atoms with Crippen LogP contribution in [-0.4, -0.2) is 19.3 Å². The molecule has 68 valence electrons. The molecule has 0 fully saturated rings. The first-order valence-electron chi connectivity index (χ1n) is 3.64. The Morgan fingerprint density at radius 3 is 2.46 bits per heavy atom. The maximum absolute atomic E-state index is 9.43. The Hall–Kier alpha value is -1.82. The zero-order valence-electron chi connectivity index (χ0n) is 7.50. The highest BCUT2D eigenvalue weighted by Gasteiger charge is 2.08. The second-order valence-electron chi connectivity index (χ2n) is 2.37. The van der Waals surface area contributed by atoms with Gasteiger partial charge in [-0.25, -0.2) is 0 Å². The van der Waals surface area contributed by atoms with Gasteiger partial charge in [-0.1, -0.05) is 5.92 Å². The number of phenols is 1. The van der Waals surface area contributed by atoms with Gasteiger partial charge in [0.15, 0.2) is 0 Å². The summed E-state index contributed by atoms with van der Waals surface area (Å²) in [5.41, 5.74) is 0.336. The van der Waals surface area contributed by atoms with Gasteiger partial charge in [0.2, 0.25) is 0 Å². The van der Waals surface area contributed by atoms with Crippen molar-refractivity contribution in [2.45, 2.75) is 0 Å². The molecular weight excluding hydrogens is 168 g/mol. The summed E-state index contributed by atoms with van der Waals surface area (Å²) >= 11 is 0. The summed E-state index contributed by atoms with van der Waals surface area (Å²) in [6.07, 6.45) is 5.19. The quantitative estimate of drug-likeness (QED) is 0.695. The molecule has 1 aromatic rings. The number of terminal acetylenes is 1. The van der Waals surface area contributed by atoms with Gasteiger partial charge in [0.05, 0.1) is 14.2 Å². The molecular formula is C10H10O3. The van der Waals surface area contributed by atoms with E-state index in [1.54, 1.807) is 6.07 Å². The first kappa shape index (κ1) is 9.27. The largest absolute Gasteiger partial charge is 0.506 e. The molecule has 3 heteroatoms. The Morgan fingerprint density at radius 2 is 2.00 bits per heavy atom. The van der Waals surface area contributed by atoms with E-state index in [2.05, 4.69) is 5.92 Å². The van der Waals surface area contributed by atoms with E-state index in [-0.39, 0.29) is 5.75 Å². The molecule has 0 amide bonds. The van der Waals surface area contributed by atoms with E-state index in [1.165, 1.54) is 20.3 Å². The van der Waals surface area contributed by atoms with Crippen LogP contribution in [0.2, 0.25) is 0 Å². The van der Waals surface area contributed by atoms with Gasteiger partial charge in [0.25, 0.3) is 0 Å². The molecule has 1 rings (SSSR count). The smallest absolute Gasteiger partial charge is 0.141 e. The van der Waals surface area contributed by atoms with E-state index in [0.29, 0.717) is 17.1 Å². The molecule has 1 aromatic carbocycles. The monoisotopic (exact) mass is 178 g/mol. The predicted molar refractivity (Wildman–Crippen MR) is 49.1 cm³/mol. The standard InChI is InChI=1S/C10H10O3/c1-4-8-9(11)5-7(12-2)6-10(8)13-3/h1,5-6,11H,2-3H3. The zero-order valence-corrected chi connectivity index (χ0v) is 7.50. The van der Waals surface area contributed by atoms with Crippen molar-refractivity contribution in [3.05, 3.63) is 17.7 Å². The van der Waals surface area contributed by atoms with Crippen LogP contribution in [0.3, 0.4) is 0 Å². The van der Waals surface area contributed by atoms with Crippen LogP contribution in [-0.2, 0) is 0 Å². The van der Waals surface area contributed by atoms with Crippen LogP contribution in [0.25, 0.3) is 0 Å². The fourth-order valence-corrected chi connectivity index (χ4v) is 1.00. The molecule has 0 heterocycles. The Bertz CT molecular complexity index is 350. The molecule has 3 nitrogen and oxygen atoms in total. The molecule has 0 aliphatic carbocycles. The van der Waals surface area contributed by atoms with Crippen molar-refractivity contribution in [2.24, 2.45) is 0 Å². The number of hydrogen-bond acceptors (Lipinski definition) is 3. The number of rotatable bonds is 2. The third-order valence-electron chi connectivity index (χ3n) is 1.65. The van der Waals surface area contributed by atoms with Gasteiger partial charge in [0, 0.05) is 12.1 Å². The van der Waals surface area contributed by atoms with Crippen molar-refractivity contribution in [1.29, 1.82) is 0 Å². The first-order chi connectivity index (χ1) is 6.22. The van der Waals surface area contributed by atoms with Crippen molar-refractivity contribution < 1.29 is 14.6 Å². The van der Waals surface area contributed by atoms with Gasteiger partial charge in [0.1, 0.15) is 22.8 Å². The number of aromatic hydroxyl groups is 1. The van der Waals surface area contributed by atoms with E-state index in [0.717, 1.165) is 0 Å². The summed E-state index contributed by atoms with van der Waals surface area (Å²) < 4.78 is 9.91. The number of methoxy groups -OCH3 is 2. The second-order valence-corrected chi connectivity index (χ2v) is 2.37. The Morgan fingerprint density at radius 1 is 1.31 bits per heavy atom. The second kappa shape index (κ2) is 3.72. The normalized spacial score (nSPS) is 9.00. The van der Waals surface area contributed by atoms with Gasteiger partial charge in [-0.05, 0) is 0 Å². The van der Waals surface area contributed by atoms with E-state index < -0.39 is 0 Å². The Labute approximate surface area is 76.9 Å². The minimum atomic E-state index is -0.0151. The van der Waals surface area contributed by atoms with Gasteiger partial charge in [-0.2, -0.15) is 0 Å². The molecule has 0 aliphatic heterocycles. The molecule has 0 saturated carbocycles. The topological polar surface area (TPSA) is 38.7 Å². The Balaban J connectivity index is 3.31. The summed E-state index contributed by atoms with van der Waals surface area (Å²) in [4.78, 5) is 0. The maximum atomic E-state index is 9.43. The van der Waals surface area contributed by atoms with Gasteiger partial charge < -0.3 is 14.6 Å². The Kier molecular flexibility index (Phi) is 2.65. The number of hydrogen-bond donors (Lipinski definition) is 1. The average molecular weight is 178 g/mol. The number of phenolic OH excluding ortho intramolecular Hbond substituents is 1. The van der Waals surface area contributed by atoms with Crippen LogP contribution in [0.4, 0.5) is 0 Å². The molecule has 0 spiro atoms. The number of benzene rings is 1. The highest BCUT2D eigenvalue weighted by molar-refractivity contribution is 5.57. The van der Waals surface area contributed by atoms with Crippen molar-refractivity contribution in [1.82, 2.24) is 0 Å². The molecule has 0 atom stereocenters. The zero-order chi connectivity index (χ0) is 9.84. The molecule has 0 unspecified atom stereocenters. The van der Waals surface area contributed by atoms with Crippen LogP contribution in [0.1, 0.15) is 5.56 Å². The number of ether oxygens (including phenoxy) is 2. The minimum absolute atomic E-state index is 0.0151. The highest BCUT2D eigenvalue weighted by atomic mass is 16.5. The van der Waals surface area contributed by atoms with E-state index in [9.17, 15) is 5.11 Å². The van der Waals surface area contributed by atoms with Crippen LogP contribution in [0, 0.1) is 12.3 Å². The van der Waals surface area contributed by atoms with E-state index >= 15 is 0 Å². The van der Waals surface area contributed by atoms with Crippen LogP contribution >= 0.6 is 0 Å². The van der Waals surface area contributed by atoms with Gasteiger partial charge in [-0.3, -0.25) is 0 Å². The van der Waals surface area contributed by atoms with Crippen LogP contribution in [0.15, 0.2) is 12.1 Å². The molecule has 13 heavy (non-hydrogen) atoms. The van der Waals surface area contributed by atoms with Gasteiger partial charge >= 0.3 is 0 Å². The molecule has 0 aliphatic rings. The third-order valence-corrected chi connectivity index (χ3v) is 1.65. The van der Waals surface area contributed by atoms with Crippen molar-refractivity contribution >= 4 is 0 Å². The van der Waals surface area contributed by atoms with E-state index in [4.69, 9.17) is 15.9 Å². The summed E-state index contributed by atoms with van der Waals surface area (Å²) in [6.45, 7) is 0. The molecule has 0 bridgehead atoms. The fourth-order valence-electron chi connectivity index (χ4n) is 1.00. The SMILES string of the molecule is C#Cc1c(O)cc(OC)cc1OC. The fraction of sp³-hybridized carbons (Fsp3) is 0.200. The van der Waals surface area contributed by atoms with Crippen molar-refractivity contribution in [3.63, 3.8) is 0 Å². The predicted octanol–water partition coefficient (Wildman–Crippen LogP) is 1.39. The maximum Gasteiger partial charge on any atom is 0.141 e. The lowest BCUT2D eigenvalue weighted by molar-refractivity contribution is 0.383. The minimum Gasteiger partial charge on any atom is -0.506 e. The van der Waals surface area contributed by atoms with Gasteiger partial charge in [-0.15, -0.1) is 6.42 Å². The lowest BCUT2D eigenvalue weighted by atomic mass is 10.2. The summed E-state index contributed by atoms with van der Waals surface area (Å²) in [7, 11) is 2.98.